The predicted molar refractivity (Wildman–Crippen MR) is 86.7 cm³/mol. The maximum absolute atomic E-state index is 11.8. The van der Waals surface area contributed by atoms with Crippen molar-refractivity contribution in [3.8, 4) is 5.75 Å². The van der Waals surface area contributed by atoms with E-state index in [2.05, 4.69) is 43.7 Å². The molecule has 0 aromatic heterocycles. The van der Waals surface area contributed by atoms with Crippen LogP contribution in [-0.4, -0.2) is 26.6 Å². The topological polar surface area (TPSA) is 42.8 Å². The van der Waals surface area contributed by atoms with Gasteiger partial charge in [-0.15, -0.1) is 0 Å². The molecule has 4 heteroatoms. The molecule has 0 saturated heterocycles. The second kappa shape index (κ2) is 8.20. The number of nitrogens with one attached hydrogen (secondary N) is 2. The largest absolute Gasteiger partial charge is 0.484 e. The molecule has 0 bridgehead atoms. The molecule has 2 aromatic carbocycles. The minimum absolute atomic E-state index is 0.0338. The van der Waals surface area contributed by atoms with E-state index in [1.54, 1.807) is 0 Å². The minimum Gasteiger partial charge on any atom is -0.484 e. The fourth-order valence-corrected chi connectivity index (χ4v) is 2.10. The molecule has 0 unspecified atom stereocenters. The van der Waals surface area contributed by atoms with Crippen molar-refractivity contribution >= 4 is 5.91 Å². The van der Waals surface area contributed by atoms with Crippen LogP contribution in [0.2, 0.25) is 0 Å². The van der Waals surface area contributed by atoms with E-state index in [1.165, 1.54) is 10.5 Å². The summed E-state index contributed by atoms with van der Waals surface area (Å²) in [5, 5.41) is 2.86. The van der Waals surface area contributed by atoms with Crippen LogP contribution in [-0.2, 0) is 17.9 Å². The highest BCUT2D eigenvalue weighted by atomic mass is 16.5. The summed E-state index contributed by atoms with van der Waals surface area (Å²) in [5.74, 6) is 0.582. The number of carbonyl (C=O) groups is 1. The van der Waals surface area contributed by atoms with Crippen molar-refractivity contribution in [1.82, 2.24) is 5.32 Å². The van der Waals surface area contributed by atoms with Gasteiger partial charge in [0.15, 0.2) is 6.61 Å². The van der Waals surface area contributed by atoms with Gasteiger partial charge in [-0.25, -0.2) is 0 Å². The molecule has 22 heavy (non-hydrogen) atoms. The summed E-state index contributed by atoms with van der Waals surface area (Å²) in [5.41, 5.74) is 2.38. The van der Waals surface area contributed by atoms with Crippen molar-refractivity contribution in [2.75, 3.05) is 20.7 Å². The molecule has 0 fully saturated rings. The fourth-order valence-electron chi connectivity index (χ4n) is 2.10. The Kier molecular flexibility index (Phi) is 5.98. The highest BCUT2D eigenvalue weighted by Gasteiger charge is 2.03. The number of hydrogen-bond donors (Lipinski definition) is 2. The quantitative estimate of drug-likeness (QED) is 0.802. The lowest BCUT2D eigenvalue weighted by molar-refractivity contribution is -0.872. The smallest absolute Gasteiger partial charge is 0.258 e. The SMILES string of the molecule is C[NH+](C)Cc1ccc(CNC(=O)COc2ccccc2)cc1. The maximum atomic E-state index is 11.8. The summed E-state index contributed by atoms with van der Waals surface area (Å²) in [7, 11) is 4.25. The van der Waals surface area contributed by atoms with E-state index in [0.29, 0.717) is 12.3 Å². The van der Waals surface area contributed by atoms with Crippen LogP contribution in [0.15, 0.2) is 54.6 Å². The zero-order valence-electron chi connectivity index (χ0n) is 13.1. The van der Waals surface area contributed by atoms with Crippen molar-refractivity contribution in [1.29, 1.82) is 0 Å². The van der Waals surface area contributed by atoms with Crippen LogP contribution >= 0.6 is 0 Å². The fraction of sp³-hybridized carbons (Fsp3) is 0.278. The molecule has 0 atom stereocenters. The van der Waals surface area contributed by atoms with Gasteiger partial charge in [-0.05, 0) is 17.7 Å². The summed E-state index contributed by atoms with van der Waals surface area (Å²) in [6, 6.07) is 17.7. The zero-order valence-corrected chi connectivity index (χ0v) is 13.1. The predicted octanol–water partition coefficient (Wildman–Crippen LogP) is 1.03. The van der Waals surface area contributed by atoms with Crippen molar-refractivity contribution in [3.63, 3.8) is 0 Å². The van der Waals surface area contributed by atoms with Gasteiger partial charge >= 0.3 is 0 Å². The van der Waals surface area contributed by atoms with Gasteiger partial charge in [-0.3, -0.25) is 4.79 Å². The number of quaternary nitrogens is 1. The van der Waals surface area contributed by atoms with E-state index in [-0.39, 0.29) is 12.5 Å². The van der Waals surface area contributed by atoms with Gasteiger partial charge in [0, 0.05) is 12.1 Å². The van der Waals surface area contributed by atoms with Crippen molar-refractivity contribution in [2.24, 2.45) is 0 Å². The molecule has 1 amide bonds. The third kappa shape index (κ3) is 5.58. The summed E-state index contributed by atoms with van der Waals surface area (Å²) in [6.07, 6.45) is 0. The van der Waals surface area contributed by atoms with Gasteiger partial charge in [0.25, 0.3) is 5.91 Å². The molecule has 0 aliphatic rings. The van der Waals surface area contributed by atoms with Crippen LogP contribution in [0.1, 0.15) is 11.1 Å². The first-order valence-electron chi connectivity index (χ1n) is 7.45. The third-order valence-electron chi connectivity index (χ3n) is 3.18. The highest BCUT2D eigenvalue weighted by Crippen LogP contribution is 2.07. The number of amides is 1. The van der Waals surface area contributed by atoms with Crippen LogP contribution < -0.4 is 15.0 Å². The highest BCUT2D eigenvalue weighted by molar-refractivity contribution is 5.77. The molecule has 2 rings (SSSR count). The van der Waals surface area contributed by atoms with E-state index in [0.717, 1.165) is 12.1 Å². The van der Waals surface area contributed by atoms with Crippen molar-refractivity contribution < 1.29 is 14.4 Å². The number of carbonyl (C=O) groups excluding carboxylic acids is 1. The Morgan fingerprint density at radius 2 is 1.64 bits per heavy atom. The summed E-state index contributed by atoms with van der Waals surface area (Å²) >= 11 is 0. The minimum atomic E-state index is -0.120. The van der Waals surface area contributed by atoms with E-state index in [9.17, 15) is 4.79 Å². The zero-order chi connectivity index (χ0) is 15.8. The molecule has 2 N–H and O–H groups in total. The average molecular weight is 299 g/mol. The molecule has 0 aliphatic heterocycles. The van der Waals surface area contributed by atoms with Crippen LogP contribution in [0.5, 0.6) is 5.75 Å². The first-order chi connectivity index (χ1) is 10.6. The Morgan fingerprint density at radius 1 is 1.00 bits per heavy atom. The molecular formula is C18H23N2O2+. The van der Waals surface area contributed by atoms with Gasteiger partial charge in [0.1, 0.15) is 12.3 Å². The van der Waals surface area contributed by atoms with Crippen LogP contribution in [0.3, 0.4) is 0 Å². The molecule has 0 aliphatic carbocycles. The number of hydrogen-bond acceptors (Lipinski definition) is 2. The Morgan fingerprint density at radius 3 is 2.27 bits per heavy atom. The third-order valence-corrected chi connectivity index (χ3v) is 3.18. The van der Waals surface area contributed by atoms with E-state index < -0.39 is 0 Å². The van der Waals surface area contributed by atoms with Crippen LogP contribution in [0, 0.1) is 0 Å². The molecule has 4 nitrogen and oxygen atoms in total. The standard InChI is InChI=1S/C18H22N2O2/c1-20(2)13-16-10-8-15(9-11-16)12-19-18(21)14-22-17-6-4-3-5-7-17/h3-11H,12-14H2,1-2H3,(H,19,21)/p+1. The molecule has 0 spiro atoms. The van der Waals surface area contributed by atoms with E-state index in [1.807, 2.05) is 30.3 Å². The van der Waals surface area contributed by atoms with Gasteiger partial charge in [-0.2, -0.15) is 0 Å². The molecular weight excluding hydrogens is 276 g/mol. The first-order valence-corrected chi connectivity index (χ1v) is 7.45. The molecule has 0 radical (unpaired) electrons. The monoisotopic (exact) mass is 299 g/mol. The number of ether oxygens (including phenoxy) is 1. The van der Waals surface area contributed by atoms with Gasteiger partial charge < -0.3 is 15.0 Å². The average Bonchev–Trinajstić information content (AvgIpc) is 2.53. The Labute approximate surface area is 131 Å². The Balaban J connectivity index is 1.74. The van der Waals surface area contributed by atoms with Gasteiger partial charge in [-0.1, -0.05) is 42.5 Å². The Hall–Kier alpha value is -2.33. The van der Waals surface area contributed by atoms with E-state index >= 15 is 0 Å². The number of para-hydroxylation sites is 1. The summed E-state index contributed by atoms with van der Waals surface area (Å²) in [4.78, 5) is 13.2. The van der Waals surface area contributed by atoms with E-state index in [4.69, 9.17) is 4.74 Å². The number of benzene rings is 2. The van der Waals surface area contributed by atoms with Crippen molar-refractivity contribution in [3.05, 3.63) is 65.7 Å². The molecule has 2 aromatic rings. The molecule has 116 valence electrons. The lowest BCUT2D eigenvalue weighted by Crippen LogP contribution is -3.04. The van der Waals surface area contributed by atoms with Crippen molar-refractivity contribution in [2.45, 2.75) is 13.1 Å². The maximum Gasteiger partial charge on any atom is 0.258 e. The van der Waals surface area contributed by atoms with Crippen LogP contribution in [0.25, 0.3) is 0 Å². The Bertz CT molecular complexity index is 580. The second-order valence-electron chi connectivity index (χ2n) is 5.58. The van der Waals surface area contributed by atoms with Gasteiger partial charge in [0.05, 0.1) is 14.1 Å². The summed E-state index contributed by atoms with van der Waals surface area (Å²) in [6.45, 7) is 1.55. The summed E-state index contributed by atoms with van der Waals surface area (Å²) < 4.78 is 5.40. The normalized spacial score (nSPS) is 10.5. The lowest BCUT2D eigenvalue weighted by Gasteiger charge is -2.09. The second-order valence-corrected chi connectivity index (χ2v) is 5.58. The lowest BCUT2D eigenvalue weighted by atomic mass is 10.1. The number of rotatable bonds is 7. The first kappa shape index (κ1) is 16.0. The molecule has 0 saturated carbocycles. The molecule has 0 heterocycles. The van der Waals surface area contributed by atoms with Gasteiger partial charge in [0.2, 0.25) is 0 Å². The van der Waals surface area contributed by atoms with Crippen LogP contribution in [0.4, 0.5) is 0 Å².